The van der Waals surface area contributed by atoms with Crippen molar-refractivity contribution in [1.82, 2.24) is 0 Å². The van der Waals surface area contributed by atoms with Crippen molar-refractivity contribution in [2.45, 2.75) is 51.2 Å². The van der Waals surface area contributed by atoms with Crippen LogP contribution in [0.3, 0.4) is 0 Å². The molecule has 0 aliphatic heterocycles. The van der Waals surface area contributed by atoms with Gasteiger partial charge in [-0.25, -0.2) is 0 Å². The maximum absolute atomic E-state index is 6.33. The van der Waals surface area contributed by atoms with Crippen LogP contribution in [-0.4, -0.2) is 7.38 Å². The molecule has 1 saturated carbocycles. The van der Waals surface area contributed by atoms with Crippen LogP contribution in [0.25, 0.3) is 0 Å². The monoisotopic (exact) mass is 214 g/mol. The van der Waals surface area contributed by atoms with Gasteiger partial charge in [0.25, 0.3) is 0 Å². The number of fused-ring (bicyclic) bond motifs is 2. The van der Waals surface area contributed by atoms with Crippen LogP contribution in [0.2, 0.25) is 19.1 Å². The van der Waals surface area contributed by atoms with E-state index in [4.69, 9.17) is 11.1 Å². The van der Waals surface area contributed by atoms with Crippen LogP contribution < -0.4 is 0 Å². The highest BCUT2D eigenvalue weighted by atomic mass is 35.6. The summed E-state index contributed by atoms with van der Waals surface area (Å²) in [4.78, 5) is 0. The Morgan fingerprint density at radius 2 is 2.15 bits per heavy atom. The molecule has 1 unspecified atom stereocenters. The second kappa shape index (κ2) is 3.43. The number of rotatable bonds is 3. The number of allylic oxidation sites excluding steroid dienone is 2. The highest BCUT2D eigenvalue weighted by molar-refractivity contribution is 7.19. The van der Waals surface area contributed by atoms with E-state index in [0.29, 0.717) is 0 Å². The summed E-state index contributed by atoms with van der Waals surface area (Å²) in [6.45, 7) is 4.51. The Hall–Kier alpha value is 0.247. The Morgan fingerprint density at radius 1 is 1.38 bits per heavy atom. The molecule has 1 atom stereocenters. The van der Waals surface area contributed by atoms with Gasteiger partial charge in [0.05, 0.1) is 0 Å². The van der Waals surface area contributed by atoms with Gasteiger partial charge in [-0.3, -0.25) is 0 Å². The van der Waals surface area contributed by atoms with Gasteiger partial charge in [0.15, 0.2) is 7.38 Å². The molecule has 2 rings (SSSR count). The third kappa shape index (κ3) is 2.38. The molecule has 13 heavy (non-hydrogen) atoms. The predicted molar refractivity (Wildman–Crippen MR) is 61.7 cm³/mol. The van der Waals surface area contributed by atoms with Gasteiger partial charge < -0.3 is 0 Å². The molecule has 1 fully saturated rings. The molecule has 2 heteroatoms. The van der Waals surface area contributed by atoms with E-state index in [2.05, 4.69) is 13.1 Å². The fraction of sp³-hybridized carbons (Fsp3) is 0.818. The molecular weight excluding hydrogens is 196 g/mol. The second-order valence-corrected chi connectivity index (χ2v) is 12.2. The summed E-state index contributed by atoms with van der Waals surface area (Å²) < 4.78 is 0. The first kappa shape index (κ1) is 9.79. The summed E-state index contributed by atoms with van der Waals surface area (Å²) in [5.41, 5.74) is 3.59. The first-order chi connectivity index (χ1) is 6.04. The highest BCUT2D eigenvalue weighted by Gasteiger charge is 2.30. The van der Waals surface area contributed by atoms with Gasteiger partial charge in [-0.15, -0.1) is 0 Å². The third-order valence-electron chi connectivity index (χ3n) is 3.45. The molecule has 2 aliphatic carbocycles. The van der Waals surface area contributed by atoms with Crippen molar-refractivity contribution >= 4 is 18.5 Å². The minimum Gasteiger partial charge on any atom is -0.168 e. The van der Waals surface area contributed by atoms with Crippen molar-refractivity contribution in [2.24, 2.45) is 5.92 Å². The summed E-state index contributed by atoms with van der Waals surface area (Å²) in [6.07, 6.45) is 7.04. The van der Waals surface area contributed by atoms with Crippen molar-refractivity contribution in [2.75, 3.05) is 0 Å². The summed E-state index contributed by atoms with van der Waals surface area (Å²) in [6, 6.07) is 1.28. The molecule has 2 aliphatic rings. The molecule has 0 aromatic heterocycles. The lowest BCUT2D eigenvalue weighted by molar-refractivity contribution is 0.556. The fourth-order valence-corrected chi connectivity index (χ4v) is 3.83. The van der Waals surface area contributed by atoms with Crippen LogP contribution in [-0.2, 0) is 0 Å². The topological polar surface area (TPSA) is 0 Å². The Labute approximate surface area is 87.1 Å². The molecule has 0 N–H and O–H groups in total. The summed E-state index contributed by atoms with van der Waals surface area (Å²) >= 11 is 6.33. The minimum absolute atomic E-state index is 1.03. The van der Waals surface area contributed by atoms with Gasteiger partial charge in [0.2, 0.25) is 0 Å². The zero-order chi connectivity index (χ0) is 9.47. The molecule has 74 valence electrons. The zero-order valence-corrected chi connectivity index (χ0v) is 10.5. The lowest BCUT2D eigenvalue weighted by Gasteiger charge is -2.16. The largest absolute Gasteiger partial charge is 0.168 e. The number of hydrogen-bond donors (Lipinski definition) is 0. The van der Waals surface area contributed by atoms with Crippen molar-refractivity contribution in [3.63, 3.8) is 0 Å². The Kier molecular flexibility index (Phi) is 2.58. The Bertz CT molecular complexity index is 237. The molecule has 0 radical (unpaired) electrons. The van der Waals surface area contributed by atoms with Crippen LogP contribution >= 0.6 is 11.1 Å². The van der Waals surface area contributed by atoms with E-state index in [-0.39, 0.29) is 0 Å². The molecule has 0 spiro atoms. The van der Waals surface area contributed by atoms with Crippen LogP contribution in [0.4, 0.5) is 0 Å². The predicted octanol–water partition coefficient (Wildman–Crippen LogP) is 4.32. The lowest BCUT2D eigenvalue weighted by atomic mass is 9.98. The molecular formula is C11H19ClSi. The van der Waals surface area contributed by atoms with E-state index < -0.39 is 7.38 Å². The van der Waals surface area contributed by atoms with Crippen LogP contribution in [0.5, 0.6) is 0 Å². The van der Waals surface area contributed by atoms with Crippen molar-refractivity contribution < 1.29 is 0 Å². The van der Waals surface area contributed by atoms with E-state index in [1.807, 2.05) is 0 Å². The summed E-state index contributed by atoms with van der Waals surface area (Å²) in [7, 11) is -1.31. The summed E-state index contributed by atoms with van der Waals surface area (Å²) in [5.74, 6) is 1.03. The van der Waals surface area contributed by atoms with E-state index in [1.54, 1.807) is 11.1 Å². The van der Waals surface area contributed by atoms with Gasteiger partial charge in [-0.2, -0.15) is 11.1 Å². The van der Waals surface area contributed by atoms with Crippen LogP contribution in [0, 0.1) is 5.92 Å². The SMILES string of the molecule is C[Si](C)(Cl)CCC1=C2CCC(C2)C1. The van der Waals surface area contributed by atoms with Gasteiger partial charge in [0, 0.05) is 0 Å². The number of halogens is 1. The second-order valence-electron chi connectivity index (χ2n) is 5.24. The molecule has 0 aromatic carbocycles. The van der Waals surface area contributed by atoms with Gasteiger partial charge in [-0.05, 0) is 44.1 Å². The zero-order valence-electron chi connectivity index (χ0n) is 8.70. The van der Waals surface area contributed by atoms with Gasteiger partial charge in [0.1, 0.15) is 0 Å². The third-order valence-corrected chi connectivity index (χ3v) is 5.45. The molecule has 0 heterocycles. The Balaban J connectivity index is 1.90. The average molecular weight is 215 g/mol. The number of hydrogen-bond acceptors (Lipinski definition) is 0. The molecule has 2 bridgehead atoms. The van der Waals surface area contributed by atoms with Crippen molar-refractivity contribution in [3.8, 4) is 0 Å². The Morgan fingerprint density at radius 3 is 2.62 bits per heavy atom. The summed E-state index contributed by atoms with van der Waals surface area (Å²) in [5, 5.41) is 0. The maximum atomic E-state index is 6.33. The van der Waals surface area contributed by atoms with E-state index in [9.17, 15) is 0 Å². The normalized spacial score (nSPS) is 27.5. The van der Waals surface area contributed by atoms with E-state index >= 15 is 0 Å². The van der Waals surface area contributed by atoms with E-state index in [0.717, 1.165) is 5.92 Å². The molecule has 0 nitrogen and oxygen atoms in total. The minimum atomic E-state index is -1.31. The molecule has 0 amide bonds. The lowest BCUT2D eigenvalue weighted by Crippen LogP contribution is -2.15. The van der Waals surface area contributed by atoms with Crippen molar-refractivity contribution in [1.29, 1.82) is 0 Å². The van der Waals surface area contributed by atoms with E-state index in [1.165, 1.54) is 38.1 Å². The van der Waals surface area contributed by atoms with Crippen molar-refractivity contribution in [3.05, 3.63) is 11.1 Å². The first-order valence-corrected chi connectivity index (χ1v) is 9.65. The first-order valence-electron chi connectivity index (χ1n) is 5.43. The molecule has 0 saturated heterocycles. The highest BCUT2D eigenvalue weighted by Crippen LogP contribution is 2.46. The molecule has 0 aromatic rings. The van der Waals surface area contributed by atoms with Gasteiger partial charge in [-0.1, -0.05) is 24.2 Å². The average Bonchev–Trinajstić information content (AvgIpc) is 2.58. The van der Waals surface area contributed by atoms with Gasteiger partial charge >= 0.3 is 0 Å². The standard InChI is InChI=1S/C11H19ClSi/c1-13(2,12)6-5-11-8-9-3-4-10(11)7-9/h9H,3-8H2,1-2H3. The quantitative estimate of drug-likeness (QED) is 0.373. The maximum Gasteiger partial charge on any atom is 0.150 e. The van der Waals surface area contributed by atoms with Crippen LogP contribution in [0.1, 0.15) is 32.1 Å². The smallest absolute Gasteiger partial charge is 0.150 e. The van der Waals surface area contributed by atoms with Crippen LogP contribution in [0.15, 0.2) is 11.1 Å². The fourth-order valence-electron chi connectivity index (χ4n) is 2.65.